The van der Waals surface area contributed by atoms with Crippen LogP contribution in [-0.2, 0) is 25.7 Å². The zero-order valence-corrected chi connectivity index (χ0v) is 32.8. The van der Waals surface area contributed by atoms with E-state index in [0.29, 0.717) is 31.3 Å². The maximum Gasteiger partial charge on any atom is 0.309 e. The van der Waals surface area contributed by atoms with E-state index >= 15 is 0 Å². The standard InChI is InChI=1S/C41H62N2O6S/c1-24(2)33-26(44)20-41(29(45)22-42-23-31-43-18-19-50-31)17-16-39(8)25(34(33)41)10-11-28-38(7)14-13-30(49-32(46)21-36(3,4)35(47)48)37(5,6)27(38)12-15-40(28,39)9/h18-19,24-25,27-30,42,45H,10-17,20-23H2,1-9H3,(H,47,48). The van der Waals surface area contributed by atoms with Crippen LogP contribution in [0.3, 0.4) is 0 Å². The van der Waals surface area contributed by atoms with Crippen molar-refractivity contribution in [1.82, 2.24) is 10.3 Å². The van der Waals surface area contributed by atoms with E-state index in [0.717, 1.165) is 61.9 Å². The van der Waals surface area contributed by atoms with E-state index in [2.05, 4.69) is 58.8 Å². The highest BCUT2D eigenvalue weighted by Crippen LogP contribution is 2.77. The number of nitrogens with one attached hydrogen (secondary N) is 1. The Morgan fingerprint density at radius 2 is 1.74 bits per heavy atom. The van der Waals surface area contributed by atoms with E-state index in [-0.39, 0.29) is 51.8 Å². The molecule has 0 spiro atoms. The molecule has 0 bridgehead atoms. The van der Waals surface area contributed by atoms with Gasteiger partial charge in [-0.15, -0.1) is 11.3 Å². The van der Waals surface area contributed by atoms with Gasteiger partial charge in [-0.2, -0.15) is 0 Å². The quantitative estimate of drug-likeness (QED) is 0.209. The molecular formula is C41H62N2O6S. The van der Waals surface area contributed by atoms with Gasteiger partial charge in [-0.25, -0.2) is 4.98 Å². The van der Waals surface area contributed by atoms with Gasteiger partial charge in [0.25, 0.3) is 0 Å². The SMILES string of the molecule is CC(C)C1=C2C3CCC4C5(C)CCC(OC(=O)CC(C)(C)C(=O)O)C(C)(C)C5CCC4(C)C3(C)CCC2(C(O)CNCc2nccs2)CC1=O. The number of aromatic nitrogens is 1. The first-order valence-electron chi connectivity index (χ1n) is 19.2. The molecule has 0 saturated heterocycles. The molecule has 0 radical (unpaired) electrons. The Bertz CT molecular complexity index is 1530. The number of esters is 1. The number of fused-ring (bicyclic) bond motifs is 7. The fourth-order valence-electron chi connectivity index (χ4n) is 12.8. The molecule has 8 nitrogen and oxygen atoms in total. The Morgan fingerprint density at radius 3 is 2.38 bits per heavy atom. The van der Waals surface area contributed by atoms with Gasteiger partial charge in [0.05, 0.1) is 17.9 Å². The number of carbonyl (C=O) groups excluding carboxylic acids is 2. The summed E-state index contributed by atoms with van der Waals surface area (Å²) in [5.41, 5.74) is 0.509. The molecule has 3 N–H and O–H groups in total. The topological polar surface area (TPSA) is 126 Å². The summed E-state index contributed by atoms with van der Waals surface area (Å²) in [4.78, 5) is 43.1. The lowest BCUT2D eigenvalue weighted by atomic mass is 9.33. The predicted octanol–water partition coefficient (Wildman–Crippen LogP) is 7.99. The summed E-state index contributed by atoms with van der Waals surface area (Å²) in [5, 5.41) is 28.1. The number of Topliss-reactive ketones (excluding diaryl/α,β-unsaturated/α-hetero) is 1. The molecule has 6 rings (SSSR count). The van der Waals surface area contributed by atoms with Crippen molar-refractivity contribution in [2.24, 2.45) is 56.2 Å². The molecule has 50 heavy (non-hydrogen) atoms. The summed E-state index contributed by atoms with van der Waals surface area (Å²) >= 11 is 1.61. The highest BCUT2D eigenvalue weighted by atomic mass is 32.1. The van der Waals surface area contributed by atoms with Gasteiger partial charge in [0.1, 0.15) is 11.1 Å². The minimum Gasteiger partial charge on any atom is -0.481 e. The summed E-state index contributed by atoms with van der Waals surface area (Å²) in [7, 11) is 0. The van der Waals surface area contributed by atoms with Crippen LogP contribution < -0.4 is 5.32 Å². The smallest absolute Gasteiger partial charge is 0.309 e. The van der Waals surface area contributed by atoms with Crippen LogP contribution in [0, 0.1) is 56.2 Å². The third-order valence-electron chi connectivity index (χ3n) is 15.6. The van der Waals surface area contributed by atoms with E-state index in [9.17, 15) is 24.6 Å². The minimum absolute atomic E-state index is 0.00258. The largest absolute Gasteiger partial charge is 0.481 e. The molecule has 278 valence electrons. The number of ether oxygens (including phenoxy) is 1. The number of hydrogen-bond acceptors (Lipinski definition) is 8. The highest BCUT2D eigenvalue weighted by molar-refractivity contribution is 7.09. The minimum atomic E-state index is -1.16. The van der Waals surface area contributed by atoms with Gasteiger partial charge >= 0.3 is 11.9 Å². The molecule has 9 heteroatoms. The van der Waals surface area contributed by atoms with Crippen molar-refractivity contribution in [2.75, 3.05) is 6.54 Å². The van der Waals surface area contributed by atoms with Crippen LogP contribution in [0.2, 0.25) is 0 Å². The summed E-state index contributed by atoms with van der Waals surface area (Å²) < 4.78 is 6.16. The number of hydrogen-bond donors (Lipinski definition) is 3. The first-order valence-corrected chi connectivity index (χ1v) is 20.1. The lowest BCUT2D eigenvalue weighted by Crippen LogP contribution is -2.66. The van der Waals surface area contributed by atoms with Crippen molar-refractivity contribution in [2.45, 2.75) is 145 Å². The molecule has 1 heterocycles. The van der Waals surface area contributed by atoms with Crippen LogP contribution in [-0.4, -0.2) is 51.7 Å². The van der Waals surface area contributed by atoms with Gasteiger partial charge in [-0.1, -0.05) is 54.0 Å². The maximum atomic E-state index is 14.0. The number of rotatable bonds is 10. The van der Waals surface area contributed by atoms with Gasteiger partial charge in [-0.05, 0) is 111 Å². The number of carbonyl (C=O) groups is 3. The Hall–Kier alpha value is -2.10. The Kier molecular flexibility index (Phi) is 9.63. The normalized spacial score (nSPS) is 38.6. The molecule has 0 aromatic carbocycles. The van der Waals surface area contributed by atoms with Gasteiger partial charge < -0.3 is 20.3 Å². The molecule has 1 aromatic heterocycles. The number of aliphatic hydroxyl groups is 1. The molecule has 1 aromatic rings. The third kappa shape index (κ3) is 5.66. The van der Waals surface area contributed by atoms with E-state index in [1.54, 1.807) is 25.2 Å². The van der Waals surface area contributed by atoms with Crippen LogP contribution in [0.1, 0.15) is 132 Å². The lowest BCUT2D eigenvalue weighted by molar-refractivity contribution is -0.235. The van der Waals surface area contributed by atoms with E-state index in [1.165, 1.54) is 5.57 Å². The van der Waals surface area contributed by atoms with Crippen LogP contribution in [0.4, 0.5) is 0 Å². The molecular weight excluding hydrogens is 649 g/mol. The number of carboxylic acids is 1. The summed E-state index contributed by atoms with van der Waals surface area (Å²) in [6.07, 6.45) is 9.07. The number of thiazole rings is 1. The predicted molar refractivity (Wildman–Crippen MR) is 195 cm³/mol. The van der Waals surface area contributed by atoms with E-state index in [1.807, 2.05) is 11.6 Å². The number of ketones is 1. The second-order valence-corrected chi connectivity index (χ2v) is 20.1. The van der Waals surface area contributed by atoms with Crippen LogP contribution in [0.5, 0.6) is 0 Å². The number of allylic oxidation sites excluding steroid dienone is 1. The number of nitrogens with zero attached hydrogens (tertiary/aromatic N) is 1. The van der Waals surface area contributed by atoms with Crippen molar-refractivity contribution >= 4 is 29.1 Å². The molecule has 0 amide bonds. The van der Waals surface area contributed by atoms with Crippen molar-refractivity contribution in [3.8, 4) is 0 Å². The molecule has 4 fully saturated rings. The summed E-state index contributed by atoms with van der Waals surface area (Å²) in [6.45, 7) is 20.7. The second-order valence-electron chi connectivity index (χ2n) is 19.1. The monoisotopic (exact) mass is 710 g/mol. The molecule has 4 saturated carbocycles. The molecule has 9 atom stereocenters. The summed E-state index contributed by atoms with van der Waals surface area (Å²) in [6, 6.07) is 0. The molecule has 9 unspecified atom stereocenters. The van der Waals surface area contributed by atoms with Gasteiger partial charge in [0, 0.05) is 41.9 Å². The Balaban J connectivity index is 1.27. The van der Waals surface area contributed by atoms with E-state index < -0.39 is 28.9 Å². The fraction of sp³-hybridized carbons (Fsp3) is 0.805. The highest BCUT2D eigenvalue weighted by Gasteiger charge is 2.70. The zero-order valence-electron chi connectivity index (χ0n) is 32.0. The first-order chi connectivity index (χ1) is 23.2. The van der Waals surface area contributed by atoms with Crippen molar-refractivity contribution in [3.63, 3.8) is 0 Å². The third-order valence-corrected chi connectivity index (χ3v) is 16.4. The maximum absolute atomic E-state index is 14.0. The Morgan fingerprint density at radius 1 is 1.02 bits per heavy atom. The summed E-state index contributed by atoms with van der Waals surface area (Å²) in [5.74, 6) is 0.0843. The van der Waals surface area contributed by atoms with Gasteiger partial charge in [0.2, 0.25) is 0 Å². The zero-order chi connectivity index (χ0) is 36.7. The number of carboxylic acid groups (broad SMARTS) is 1. The molecule has 0 aliphatic heterocycles. The average Bonchev–Trinajstić information content (AvgIpc) is 3.64. The van der Waals surface area contributed by atoms with Crippen LogP contribution in [0.15, 0.2) is 22.7 Å². The fourth-order valence-corrected chi connectivity index (χ4v) is 13.3. The van der Waals surface area contributed by atoms with Crippen molar-refractivity contribution in [1.29, 1.82) is 0 Å². The van der Waals surface area contributed by atoms with Gasteiger partial charge in [-0.3, -0.25) is 14.4 Å². The Labute approximate surface area is 303 Å². The molecule has 5 aliphatic carbocycles. The first kappa shape index (κ1) is 37.7. The van der Waals surface area contributed by atoms with E-state index in [4.69, 9.17) is 4.74 Å². The average molecular weight is 711 g/mol. The van der Waals surface area contributed by atoms with Crippen molar-refractivity contribution < 1.29 is 29.3 Å². The van der Waals surface area contributed by atoms with Gasteiger partial charge in [0.15, 0.2) is 5.78 Å². The number of aliphatic carboxylic acids is 1. The lowest BCUT2D eigenvalue weighted by Gasteiger charge is -2.72. The van der Waals surface area contributed by atoms with Crippen LogP contribution in [0.25, 0.3) is 0 Å². The second kappa shape index (κ2) is 12.8. The number of aliphatic hydroxyl groups excluding tert-OH is 1. The van der Waals surface area contributed by atoms with Crippen molar-refractivity contribution in [3.05, 3.63) is 27.7 Å². The van der Waals surface area contributed by atoms with Crippen LogP contribution >= 0.6 is 11.3 Å². The molecule has 5 aliphatic rings.